The van der Waals surface area contributed by atoms with Crippen LogP contribution in [0.15, 0.2) is 46.3 Å². The lowest BCUT2D eigenvalue weighted by Gasteiger charge is -2.21. The van der Waals surface area contributed by atoms with Gasteiger partial charge in [0.05, 0.1) is 11.0 Å². The Morgan fingerprint density at radius 2 is 1.90 bits per heavy atom. The van der Waals surface area contributed by atoms with Crippen LogP contribution in [0, 0.1) is 11.6 Å². The second-order valence-electron chi connectivity index (χ2n) is 6.37. The average molecular weight is 440 g/mol. The monoisotopic (exact) mass is 440 g/mol. The summed E-state index contributed by atoms with van der Waals surface area (Å²) in [6, 6.07) is 7.20. The third kappa shape index (κ3) is 4.23. The highest BCUT2D eigenvalue weighted by Crippen LogP contribution is 2.24. The number of hydrogen-bond acceptors (Lipinski definition) is 8. The molecular weight excluding hydrogens is 422 g/mol. The molecular formula is C17H18F2N6O4S. The summed E-state index contributed by atoms with van der Waals surface area (Å²) in [6.45, 7) is 1.27. The Balaban J connectivity index is 1.79. The Hall–Kier alpha value is -3.13. The fourth-order valence-electron chi connectivity index (χ4n) is 2.70. The third-order valence-electron chi connectivity index (χ3n) is 4.20. The van der Waals surface area contributed by atoms with E-state index in [0.29, 0.717) is 10.7 Å². The zero-order valence-electron chi connectivity index (χ0n) is 15.5. The van der Waals surface area contributed by atoms with Crippen LogP contribution in [0.4, 0.5) is 14.5 Å². The van der Waals surface area contributed by atoms with Gasteiger partial charge in [-0.1, -0.05) is 6.07 Å². The topological polar surface area (TPSA) is 163 Å². The smallest absolute Gasteiger partial charge is 0.281 e. The molecule has 2 atom stereocenters. The lowest BCUT2D eigenvalue weighted by atomic mass is 10.0. The quantitative estimate of drug-likeness (QED) is 0.457. The first-order valence-corrected chi connectivity index (χ1v) is 10.0. The number of benzene rings is 2. The van der Waals surface area contributed by atoms with Crippen LogP contribution in [-0.2, 0) is 10.0 Å². The predicted molar refractivity (Wildman–Crippen MR) is 103 cm³/mol. The lowest BCUT2D eigenvalue weighted by molar-refractivity contribution is 0.0650. The highest BCUT2D eigenvalue weighted by Gasteiger charge is 2.33. The first-order valence-electron chi connectivity index (χ1n) is 8.48. The van der Waals surface area contributed by atoms with Crippen molar-refractivity contribution >= 4 is 27.6 Å². The number of amides is 1. The van der Waals surface area contributed by atoms with E-state index < -0.39 is 45.5 Å². The van der Waals surface area contributed by atoms with Crippen molar-refractivity contribution in [3.63, 3.8) is 0 Å². The molecule has 2 aromatic rings. The van der Waals surface area contributed by atoms with Crippen LogP contribution >= 0.6 is 0 Å². The highest BCUT2D eigenvalue weighted by molar-refractivity contribution is 7.89. The van der Waals surface area contributed by atoms with Crippen LogP contribution in [0.3, 0.4) is 0 Å². The minimum absolute atomic E-state index is 0.0216. The number of nitrogens with one attached hydrogen (secondary N) is 2. The molecule has 2 unspecified atom stereocenters. The average Bonchev–Trinajstić information content (AvgIpc) is 3.01. The van der Waals surface area contributed by atoms with E-state index in [1.807, 2.05) is 0 Å². The molecule has 0 bridgehead atoms. The van der Waals surface area contributed by atoms with Gasteiger partial charge in [-0.25, -0.2) is 32.3 Å². The molecule has 10 nitrogen and oxygen atoms in total. The molecule has 0 aromatic heterocycles. The predicted octanol–water partition coefficient (Wildman–Crippen LogP) is 0.336. The highest BCUT2D eigenvalue weighted by atomic mass is 32.2. The largest absolute Gasteiger partial charge is 0.389 e. The van der Waals surface area contributed by atoms with Crippen molar-refractivity contribution in [3.8, 4) is 0 Å². The number of hydrazine groups is 1. The number of nitrogens with two attached hydrogens (primary N) is 2. The van der Waals surface area contributed by atoms with E-state index in [2.05, 4.69) is 15.7 Å². The first-order chi connectivity index (χ1) is 14.0. The molecule has 13 heteroatoms. The summed E-state index contributed by atoms with van der Waals surface area (Å²) in [6.07, 6.45) is -2.57. The summed E-state index contributed by atoms with van der Waals surface area (Å²) >= 11 is 0. The number of guanidine groups is 1. The number of carbonyl (C=O) groups excluding carboxylic acids is 1. The molecule has 1 aliphatic rings. The Bertz CT molecular complexity index is 1120. The summed E-state index contributed by atoms with van der Waals surface area (Å²) in [7, 11) is -3.86. The minimum atomic E-state index is -3.86. The maximum atomic E-state index is 14.6. The Morgan fingerprint density at radius 3 is 2.47 bits per heavy atom. The van der Waals surface area contributed by atoms with Crippen molar-refractivity contribution in [2.45, 2.75) is 24.2 Å². The first kappa shape index (κ1) is 21.6. The second kappa shape index (κ2) is 7.95. The van der Waals surface area contributed by atoms with E-state index in [0.717, 1.165) is 12.1 Å². The molecule has 1 aliphatic heterocycles. The SMILES string of the molecule is CC(O)c1ccc(F)c(C(=O)N2NC(Nc3ccc(S(N)(=O)=O)cc3)=NC2N)c1F. The second-order valence-corrected chi connectivity index (χ2v) is 7.94. The maximum Gasteiger partial charge on any atom is 0.281 e. The van der Waals surface area contributed by atoms with E-state index in [1.54, 1.807) is 0 Å². The maximum absolute atomic E-state index is 14.6. The molecule has 7 N–H and O–H groups in total. The summed E-state index contributed by atoms with van der Waals surface area (Å²) in [5, 5.41) is 18.1. The molecule has 0 fully saturated rings. The van der Waals surface area contributed by atoms with Crippen molar-refractivity contribution in [2.24, 2.45) is 15.9 Å². The fraction of sp³-hybridized carbons (Fsp3) is 0.176. The minimum Gasteiger partial charge on any atom is -0.389 e. The molecule has 1 amide bonds. The standard InChI is InChI=1S/C17H18F2N6O4S/c1-8(26)11-6-7-12(18)13(14(11)19)15(27)25-16(20)23-17(24-25)22-9-2-4-10(5-3-9)30(21,28)29/h2-8,16,26H,20H2,1H3,(H2,21,28,29)(H2,22,23,24). The van der Waals surface area contributed by atoms with E-state index >= 15 is 0 Å². The summed E-state index contributed by atoms with van der Waals surface area (Å²) in [5.74, 6) is -3.49. The Labute approximate surface area is 170 Å². The van der Waals surface area contributed by atoms with E-state index in [4.69, 9.17) is 10.9 Å². The van der Waals surface area contributed by atoms with Gasteiger partial charge in [0.15, 0.2) is 6.29 Å². The van der Waals surface area contributed by atoms with Crippen molar-refractivity contribution < 1.29 is 27.1 Å². The van der Waals surface area contributed by atoms with Crippen molar-refractivity contribution in [1.29, 1.82) is 0 Å². The van der Waals surface area contributed by atoms with Gasteiger partial charge in [-0.2, -0.15) is 0 Å². The van der Waals surface area contributed by atoms with Crippen LogP contribution < -0.4 is 21.6 Å². The van der Waals surface area contributed by atoms with E-state index in [1.165, 1.54) is 31.2 Å². The van der Waals surface area contributed by atoms with Crippen LogP contribution in [0.25, 0.3) is 0 Å². The van der Waals surface area contributed by atoms with Gasteiger partial charge in [0.2, 0.25) is 16.0 Å². The summed E-state index contributed by atoms with van der Waals surface area (Å²) < 4.78 is 51.3. The van der Waals surface area contributed by atoms with Crippen molar-refractivity contribution in [1.82, 2.24) is 10.4 Å². The Kier molecular flexibility index (Phi) is 5.72. The van der Waals surface area contributed by atoms with Crippen molar-refractivity contribution in [3.05, 3.63) is 59.2 Å². The van der Waals surface area contributed by atoms with Gasteiger partial charge in [-0.15, -0.1) is 0 Å². The van der Waals surface area contributed by atoms with Gasteiger partial charge in [-0.05, 0) is 37.3 Å². The fourth-order valence-corrected chi connectivity index (χ4v) is 3.22. The van der Waals surface area contributed by atoms with Crippen molar-refractivity contribution in [2.75, 3.05) is 5.32 Å². The van der Waals surface area contributed by atoms with Gasteiger partial charge < -0.3 is 10.4 Å². The van der Waals surface area contributed by atoms with Crippen LogP contribution in [-0.4, -0.2) is 36.7 Å². The number of nitrogens with zero attached hydrogens (tertiary/aromatic N) is 2. The molecule has 0 radical (unpaired) electrons. The third-order valence-corrected chi connectivity index (χ3v) is 5.13. The number of aliphatic hydroxyl groups is 1. The van der Waals surface area contributed by atoms with Gasteiger partial charge in [0.25, 0.3) is 5.91 Å². The number of rotatable bonds is 4. The number of sulfonamides is 1. The van der Waals surface area contributed by atoms with Gasteiger partial charge in [-0.3, -0.25) is 16.0 Å². The number of carbonyl (C=O) groups is 1. The molecule has 2 aromatic carbocycles. The zero-order chi connectivity index (χ0) is 22.2. The van der Waals surface area contributed by atoms with Crippen LogP contribution in [0.2, 0.25) is 0 Å². The van der Waals surface area contributed by atoms with E-state index in [-0.39, 0.29) is 16.4 Å². The number of aliphatic imine (C=N–C) groups is 1. The molecule has 30 heavy (non-hydrogen) atoms. The van der Waals surface area contributed by atoms with Crippen LogP contribution in [0.1, 0.15) is 28.9 Å². The molecule has 0 aliphatic carbocycles. The number of hydrogen-bond donors (Lipinski definition) is 5. The van der Waals surface area contributed by atoms with Gasteiger partial charge in [0, 0.05) is 11.3 Å². The van der Waals surface area contributed by atoms with Gasteiger partial charge in [0.1, 0.15) is 17.2 Å². The van der Waals surface area contributed by atoms with Crippen LogP contribution in [0.5, 0.6) is 0 Å². The molecule has 1 heterocycles. The number of primary sulfonamides is 1. The Morgan fingerprint density at radius 1 is 1.27 bits per heavy atom. The summed E-state index contributed by atoms with van der Waals surface area (Å²) in [4.78, 5) is 16.5. The van der Waals surface area contributed by atoms with E-state index in [9.17, 15) is 27.1 Å². The molecule has 0 saturated heterocycles. The number of halogens is 2. The molecule has 0 saturated carbocycles. The number of aliphatic hydroxyl groups excluding tert-OH is 1. The summed E-state index contributed by atoms with van der Waals surface area (Å²) in [5.41, 5.74) is 7.49. The molecule has 160 valence electrons. The van der Waals surface area contributed by atoms with Gasteiger partial charge >= 0.3 is 0 Å². The zero-order valence-corrected chi connectivity index (χ0v) is 16.3. The lowest BCUT2D eigenvalue weighted by Crippen LogP contribution is -2.50. The molecule has 0 spiro atoms. The number of anilines is 1. The normalized spacial score (nSPS) is 17.3. The molecule has 3 rings (SSSR count).